The lowest BCUT2D eigenvalue weighted by Crippen LogP contribution is -2.72. The number of benzene rings is 2. The number of hydrogen-bond acceptors (Lipinski definition) is 9. The summed E-state index contributed by atoms with van der Waals surface area (Å²) in [7, 11) is 1.93. The number of fused-ring (bicyclic) bond motifs is 1. The number of carbonyl (C=O) groups excluding carboxylic acids is 2. The molecule has 9 heteroatoms. The van der Waals surface area contributed by atoms with Gasteiger partial charge < -0.3 is 36.4 Å². The Balaban J connectivity index is 1.02. The first kappa shape index (κ1) is 49.1. The molecule has 0 aromatic heterocycles. The van der Waals surface area contributed by atoms with Crippen LogP contribution in [0.4, 0.5) is 5.69 Å². The highest BCUT2D eigenvalue weighted by Gasteiger charge is 2.75. The van der Waals surface area contributed by atoms with E-state index in [4.69, 9.17) is 10.5 Å². The number of ether oxygens (including phenoxy) is 1. The van der Waals surface area contributed by atoms with Crippen molar-refractivity contribution in [2.45, 2.75) is 217 Å². The van der Waals surface area contributed by atoms with Crippen LogP contribution in [0.3, 0.4) is 0 Å². The van der Waals surface area contributed by atoms with Crippen molar-refractivity contribution in [3.8, 4) is 5.75 Å². The first-order valence-corrected chi connectivity index (χ1v) is 28.3. The molecular weight excluding hydrogens is 871 g/mol. The van der Waals surface area contributed by atoms with Crippen LogP contribution in [-0.2, 0) is 26.3 Å². The number of epoxide rings is 1. The third-order valence-corrected chi connectivity index (χ3v) is 22.5. The van der Waals surface area contributed by atoms with Gasteiger partial charge in [-0.05, 0) is 197 Å². The van der Waals surface area contributed by atoms with Gasteiger partial charge in [0.1, 0.15) is 17.6 Å². The van der Waals surface area contributed by atoms with Crippen molar-refractivity contribution in [2.75, 3.05) is 19.3 Å². The molecule has 2 aromatic rings. The molecule has 6 saturated carbocycles. The molecule has 7 N–H and O–H groups in total. The highest BCUT2D eigenvalue weighted by molar-refractivity contribution is 6.01. The second kappa shape index (κ2) is 17.5. The number of carbonyl (C=O) groups is 2. The fourth-order valence-electron chi connectivity index (χ4n) is 19.9. The van der Waals surface area contributed by atoms with Gasteiger partial charge in [0, 0.05) is 42.1 Å². The van der Waals surface area contributed by atoms with Crippen LogP contribution in [0.15, 0.2) is 53.6 Å². The summed E-state index contributed by atoms with van der Waals surface area (Å²) in [4.78, 5) is 32.1. The number of aromatic hydroxyl groups is 1. The van der Waals surface area contributed by atoms with Gasteiger partial charge in [-0.15, -0.1) is 0 Å². The molecule has 70 heavy (non-hydrogen) atoms. The Hall–Kier alpha value is -3.08. The van der Waals surface area contributed by atoms with Crippen molar-refractivity contribution >= 4 is 17.3 Å². The Morgan fingerprint density at radius 3 is 2.44 bits per heavy atom. The van der Waals surface area contributed by atoms with Crippen molar-refractivity contribution in [1.29, 1.82) is 0 Å². The second-order valence-electron chi connectivity index (χ2n) is 26.6. The zero-order valence-electron chi connectivity index (χ0n) is 43.6. The molecule has 9 nitrogen and oxygen atoms in total. The second-order valence-corrected chi connectivity index (χ2v) is 26.6. The van der Waals surface area contributed by atoms with Gasteiger partial charge in [-0.2, -0.15) is 0 Å². The number of hydrogen-bond donors (Lipinski definition) is 6. The molecule has 382 valence electrons. The number of Topliss-reactive ketones (excluding diaryl/α,β-unsaturated/α-hetero) is 2. The van der Waals surface area contributed by atoms with Crippen molar-refractivity contribution in [2.24, 2.45) is 51.2 Å². The largest absolute Gasteiger partial charge is 0.508 e. The normalized spacial score (nSPS) is 43.8. The molecule has 2 heterocycles. The summed E-state index contributed by atoms with van der Waals surface area (Å²) >= 11 is 0. The van der Waals surface area contributed by atoms with Crippen molar-refractivity contribution in [1.82, 2.24) is 10.6 Å². The quantitative estimate of drug-likeness (QED) is 0.101. The van der Waals surface area contributed by atoms with Gasteiger partial charge in [-0.1, -0.05) is 89.5 Å². The van der Waals surface area contributed by atoms with Gasteiger partial charge in [-0.25, -0.2) is 0 Å². The van der Waals surface area contributed by atoms with Crippen LogP contribution in [0.2, 0.25) is 0 Å². The zero-order chi connectivity index (χ0) is 49.2. The Morgan fingerprint density at radius 1 is 0.886 bits per heavy atom. The Bertz CT molecular complexity index is 2410. The predicted molar refractivity (Wildman–Crippen MR) is 276 cm³/mol. The minimum absolute atomic E-state index is 0.0196. The molecule has 11 rings (SSSR count). The molecule has 15 atom stereocenters. The predicted octanol–water partition coefficient (Wildman–Crippen LogP) is 10.8. The highest BCUT2D eigenvalue weighted by atomic mass is 16.6. The van der Waals surface area contributed by atoms with Crippen LogP contribution in [0, 0.1) is 51.2 Å². The molecule has 5 bridgehead atoms. The number of ketones is 2. The highest BCUT2D eigenvalue weighted by Crippen LogP contribution is 2.78. The molecule has 7 aliphatic carbocycles. The Morgan fingerprint density at radius 2 is 1.67 bits per heavy atom. The van der Waals surface area contributed by atoms with Crippen LogP contribution in [0.1, 0.15) is 192 Å². The van der Waals surface area contributed by atoms with E-state index in [2.05, 4.69) is 62.6 Å². The number of rotatable bonds is 10. The minimum Gasteiger partial charge on any atom is -0.508 e. The van der Waals surface area contributed by atoms with Crippen molar-refractivity contribution < 1.29 is 29.6 Å². The van der Waals surface area contributed by atoms with E-state index < -0.39 is 28.1 Å². The third kappa shape index (κ3) is 7.51. The molecule has 2 saturated heterocycles. The van der Waals surface area contributed by atoms with E-state index in [0.29, 0.717) is 68.1 Å². The number of nitrogens with two attached hydrogens (primary N) is 1. The van der Waals surface area contributed by atoms with E-state index in [1.54, 1.807) is 0 Å². The first-order valence-electron chi connectivity index (χ1n) is 28.3. The van der Waals surface area contributed by atoms with Crippen LogP contribution in [0.5, 0.6) is 5.75 Å². The SMILES string of the molecule is CNCc1cc(O)cc([C@]23CCC[C@]45CC(=O)C([C@@H](C[C@@H](O)[C@H]6O[C@]6(C)[C@@H]6CCC[C@H]6c6cccc(N)c6)C6CCCCC6)=C4CC[C@@H]4[C@](C)(C2)[C@H]2[C@H](C[C@@]45C)NC[C@](C)(O)CCCC[C@@]2(C)C3=O)c1. The number of aliphatic hydroxyl groups is 2. The van der Waals surface area contributed by atoms with E-state index in [9.17, 15) is 15.3 Å². The van der Waals surface area contributed by atoms with E-state index in [-0.39, 0.29) is 51.9 Å². The number of aliphatic hydroxyl groups excluding tert-OH is 1. The van der Waals surface area contributed by atoms with Gasteiger partial charge in [0.05, 0.1) is 22.7 Å². The molecule has 2 aromatic carbocycles. The lowest BCUT2D eigenvalue weighted by molar-refractivity contribution is -0.206. The zero-order valence-corrected chi connectivity index (χ0v) is 43.6. The third-order valence-electron chi connectivity index (χ3n) is 22.5. The molecular formula is C61H87N3O6. The maximum Gasteiger partial charge on any atom is 0.160 e. The molecule has 1 spiro atoms. The summed E-state index contributed by atoms with van der Waals surface area (Å²) in [5, 5.41) is 43.3. The number of nitrogen functional groups attached to an aromatic ring is 1. The van der Waals surface area contributed by atoms with Crippen LogP contribution in [-0.4, -0.2) is 69.9 Å². The number of allylic oxidation sites excluding steroid dienone is 2. The summed E-state index contributed by atoms with van der Waals surface area (Å²) in [6, 6.07) is 14.3. The Labute approximate surface area is 419 Å². The summed E-state index contributed by atoms with van der Waals surface area (Å²) in [5.41, 5.74) is 9.19. The van der Waals surface area contributed by atoms with E-state index in [0.717, 1.165) is 125 Å². The Kier molecular flexibility index (Phi) is 12.3. The van der Waals surface area contributed by atoms with E-state index in [1.165, 1.54) is 17.6 Å². The van der Waals surface area contributed by atoms with E-state index in [1.807, 2.05) is 32.2 Å². The smallest absolute Gasteiger partial charge is 0.160 e. The maximum atomic E-state index is 16.4. The number of phenolic OH excluding ortho intramolecular Hbond substituents is 1. The van der Waals surface area contributed by atoms with Crippen molar-refractivity contribution in [3.05, 3.63) is 70.3 Å². The summed E-state index contributed by atoms with van der Waals surface area (Å²) < 4.78 is 6.76. The monoisotopic (exact) mass is 958 g/mol. The fourth-order valence-corrected chi connectivity index (χ4v) is 19.9. The van der Waals surface area contributed by atoms with E-state index >= 15 is 9.59 Å². The first-order chi connectivity index (χ1) is 33.3. The van der Waals surface area contributed by atoms with Gasteiger partial charge in [-0.3, -0.25) is 9.59 Å². The lowest BCUT2D eigenvalue weighted by atomic mass is 9.32. The molecule has 0 radical (unpaired) electrons. The summed E-state index contributed by atoms with van der Waals surface area (Å²) in [6.45, 7) is 12.7. The fraction of sp³-hybridized carbons (Fsp3) is 0.738. The summed E-state index contributed by atoms with van der Waals surface area (Å²) in [6.07, 6.45) is 18.2. The molecule has 9 aliphatic rings. The minimum atomic E-state index is -0.862. The maximum absolute atomic E-state index is 16.4. The van der Waals surface area contributed by atoms with Gasteiger partial charge in [0.25, 0.3) is 0 Å². The standard InChI is InChI=1S/C61H87N3O6/c1-55(69)23-10-11-24-56(2)52-47(64-36-55)32-58(4)50-22-21-46-51(49(67)33-61(46,58)26-14-25-60(54(56)68,35-57(50,52)3)40-27-37(34-63-6)28-42(65)30-40)44(38-15-8-7-9-16-38)31-48(66)53-59(5,70-53)45-20-13-19-43(45)39-17-12-18-41(62)29-39/h12,17-18,27-30,38,43-45,47-48,50,52-53,63-66,69H,7-11,13-16,19-26,31-36,62H2,1-6H3/t43-,44-,45+,47-,48+,50+,52-,53+,55+,56+,57-,58-,59+,60-,61-/m0/s1. The number of nitrogens with one attached hydrogen (secondary N) is 2. The number of phenols is 1. The average molecular weight is 958 g/mol. The van der Waals surface area contributed by atoms with Crippen molar-refractivity contribution in [3.63, 3.8) is 0 Å². The molecule has 0 amide bonds. The molecule has 8 fully saturated rings. The van der Waals surface area contributed by atoms with Gasteiger partial charge >= 0.3 is 0 Å². The van der Waals surface area contributed by atoms with Crippen LogP contribution >= 0.6 is 0 Å². The van der Waals surface area contributed by atoms with Crippen LogP contribution in [0.25, 0.3) is 0 Å². The number of β-amino-alcohol motifs (C(OH)–C–C–N with tert-alkyl or cyclic N) is 1. The topological polar surface area (TPSA) is 157 Å². The molecule has 0 unspecified atom stereocenters. The van der Waals surface area contributed by atoms with Crippen LogP contribution < -0.4 is 16.4 Å². The average Bonchev–Trinajstić information content (AvgIpc) is 3.60. The van der Waals surface area contributed by atoms with Gasteiger partial charge in [0.2, 0.25) is 0 Å². The van der Waals surface area contributed by atoms with Gasteiger partial charge in [0.15, 0.2) is 5.78 Å². The lowest BCUT2D eigenvalue weighted by Gasteiger charge is -2.72. The molecule has 2 aliphatic heterocycles. The number of anilines is 1. The summed E-state index contributed by atoms with van der Waals surface area (Å²) in [5.74, 6) is 2.16.